The predicted molar refractivity (Wildman–Crippen MR) is 89.5 cm³/mol. The Hall–Kier alpha value is -2.71. The van der Waals surface area contributed by atoms with Crippen molar-refractivity contribution in [1.29, 1.82) is 0 Å². The van der Waals surface area contributed by atoms with E-state index in [4.69, 9.17) is 0 Å². The minimum atomic E-state index is -0.505. The van der Waals surface area contributed by atoms with Crippen molar-refractivity contribution in [3.05, 3.63) is 18.5 Å². The largest absolute Gasteiger partial charge is 0.349 e. The fraction of sp³-hybridized carbons (Fsp3) is 0.562. The highest BCUT2D eigenvalue weighted by Gasteiger charge is 2.37. The molecular formula is C16H22N6O3. The standard InChI is InChI=1S/C16H22N6O3/c1-2-4-11-7-21(8-12(11)19-15-17-5-3-6-18-15)14(24)10-22-9-13(23)20-16(22)25/h3,5-6,11-12H,2,4,7-10H2,1H3,(H,17,18,19)(H,20,23,25)/t11-,12-/m1/s1. The van der Waals surface area contributed by atoms with Gasteiger partial charge in [0.25, 0.3) is 0 Å². The highest BCUT2D eigenvalue weighted by molar-refractivity contribution is 6.03. The fourth-order valence-electron chi connectivity index (χ4n) is 3.32. The molecule has 2 aliphatic heterocycles. The van der Waals surface area contributed by atoms with Gasteiger partial charge in [-0.05, 0) is 18.4 Å². The number of urea groups is 1. The summed E-state index contributed by atoms with van der Waals surface area (Å²) < 4.78 is 0. The van der Waals surface area contributed by atoms with Gasteiger partial charge in [0.2, 0.25) is 17.8 Å². The molecule has 0 radical (unpaired) electrons. The van der Waals surface area contributed by atoms with E-state index in [-0.39, 0.29) is 30.9 Å². The summed E-state index contributed by atoms with van der Waals surface area (Å²) in [6.45, 7) is 3.13. The molecule has 9 heteroatoms. The molecule has 0 aliphatic carbocycles. The van der Waals surface area contributed by atoms with E-state index >= 15 is 0 Å². The zero-order chi connectivity index (χ0) is 17.8. The van der Waals surface area contributed by atoms with Crippen molar-refractivity contribution < 1.29 is 14.4 Å². The zero-order valence-electron chi connectivity index (χ0n) is 14.1. The summed E-state index contributed by atoms with van der Waals surface area (Å²) in [6.07, 6.45) is 5.34. The maximum Gasteiger partial charge on any atom is 0.325 e. The number of rotatable bonds is 6. The van der Waals surface area contributed by atoms with Gasteiger partial charge in [-0.25, -0.2) is 14.8 Å². The molecular weight excluding hydrogens is 324 g/mol. The van der Waals surface area contributed by atoms with Crippen LogP contribution in [0.3, 0.4) is 0 Å². The molecule has 1 aromatic heterocycles. The number of carbonyl (C=O) groups excluding carboxylic acids is 3. The second-order valence-corrected chi connectivity index (χ2v) is 6.38. The van der Waals surface area contributed by atoms with Gasteiger partial charge in [-0.2, -0.15) is 0 Å². The summed E-state index contributed by atoms with van der Waals surface area (Å²) in [7, 11) is 0. The van der Waals surface area contributed by atoms with Crippen molar-refractivity contribution in [2.45, 2.75) is 25.8 Å². The van der Waals surface area contributed by atoms with Gasteiger partial charge in [-0.3, -0.25) is 14.9 Å². The topological polar surface area (TPSA) is 108 Å². The Kier molecular flexibility index (Phi) is 5.11. The van der Waals surface area contributed by atoms with Crippen LogP contribution in [-0.2, 0) is 9.59 Å². The van der Waals surface area contributed by atoms with Crippen molar-refractivity contribution >= 4 is 23.8 Å². The van der Waals surface area contributed by atoms with Gasteiger partial charge < -0.3 is 15.1 Å². The minimum absolute atomic E-state index is 0.0592. The lowest BCUT2D eigenvalue weighted by atomic mass is 9.98. The van der Waals surface area contributed by atoms with Crippen molar-refractivity contribution in [2.75, 3.05) is 31.5 Å². The van der Waals surface area contributed by atoms with Crippen LogP contribution >= 0.6 is 0 Å². The minimum Gasteiger partial charge on any atom is -0.349 e. The Labute approximate surface area is 145 Å². The van der Waals surface area contributed by atoms with E-state index in [1.807, 2.05) is 0 Å². The van der Waals surface area contributed by atoms with Crippen LogP contribution in [0.4, 0.5) is 10.7 Å². The fourth-order valence-corrected chi connectivity index (χ4v) is 3.32. The molecule has 2 fully saturated rings. The van der Waals surface area contributed by atoms with Crippen LogP contribution in [0.5, 0.6) is 0 Å². The number of likely N-dealkylation sites (tertiary alicyclic amines) is 1. The highest BCUT2D eigenvalue weighted by Crippen LogP contribution is 2.24. The van der Waals surface area contributed by atoms with E-state index in [0.717, 1.165) is 12.8 Å². The number of nitrogens with zero attached hydrogens (tertiary/aromatic N) is 4. The molecule has 2 aliphatic rings. The maximum absolute atomic E-state index is 12.5. The van der Waals surface area contributed by atoms with Crippen molar-refractivity contribution in [3.63, 3.8) is 0 Å². The Morgan fingerprint density at radius 1 is 1.32 bits per heavy atom. The van der Waals surface area contributed by atoms with E-state index < -0.39 is 6.03 Å². The highest BCUT2D eigenvalue weighted by atomic mass is 16.2. The van der Waals surface area contributed by atoms with E-state index in [2.05, 4.69) is 27.5 Å². The molecule has 4 amide bonds. The van der Waals surface area contributed by atoms with E-state index in [0.29, 0.717) is 25.0 Å². The van der Waals surface area contributed by atoms with Crippen molar-refractivity contribution in [3.8, 4) is 0 Å². The molecule has 0 bridgehead atoms. The first-order valence-corrected chi connectivity index (χ1v) is 8.47. The monoisotopic (exact) mass is 346 g/mol. The number of anilines is 1. The van der Waals surface area contributed by atoms with Crippen LogP contribution in [-0.4, -0.2) is 69.8 Å². The van der Waals surface area contributed by atoms with Gasteiger partial charge in [0, 0.05) is 25.5 Å². The quantitative estimate of drug-likeness (QED) is 0.706. The van der Waals surface area contributed by atoms with Gasteiger partial charge >= 0.3 is 6.03 Å². The molecule has 3 heterocycles. The normalized spacial score (nSPS) is 23.1. The van der Waals surface area contributed by atoms with Crippen LogP contribution in [0.2, 0.25) is 0 Å². The molecule has 25 heavy (non-hydrogen) atoms. The average molecular weight is 346 g/mol. The van der Waals surface area contributed by atoms with E-state index in [9.17, 15) is 14.4 Å². The smallest absolute Gasteiger partial charge is 0.325 e. The van der Waals surface area contributed by atoms with Gasteiger partial charge in [0.05, 0.1) is 6.04 Å². The average Bonchev–Trinajstić information content (AvgIpc) is 3.12. The number of hydrogen-bond donors (Lipinski definition) is 2. The van der Waals surface area contributed by atoms with Crippen molar-refractivity contribution in [1.82, 2.24) is 25.1 Å². The molecule has 2 atom stereocenters. The summed E-state index contributed by atoms with van der Waals surface area (Å²) in [6, 6.07) is 1.32. The molecule has 0 spiro atoms. The molecule has 0 saturated carbocycles. The summed E-state index contributed by atoms with van der Waals surface area (Å²) in [4.78, 5) is 46.7. The summed E-state index contributed by atoms with van der Waals surface area (Å²) in [5, 5.41) is 5.49. The van der Waals surface area contributed by atoms with E-state index in [1.165, 1.54) is 4.90 Å². The molecule has 9 nitrogen and oxygen atoms in total. The molecule has 0 unspecified atom stereocenters. The molecule has 1 aromatic rings. The number of carbonyl (C=O) groups is 3. The van der Waals surface area contributed by atoms with Crippen LogP contribution in [0, 0.1) is 5.92 Å². The SMILES string of the molecule is CCC[C@@H]1CN(C(=O)CN2CC(=O)NC2=O)C[C@H]1Nc1ncccn1. The number of nitrogens with one attached hydrogen (secondary N) is 2. The first-order valence-electron chi connectivity index (χ1n) is 8.47. The Bertz CT molecular complexity index is 653. The van der Waals surface area contributed by atoms with Gasteiger partial charge in [0.1, 0.15) is 13.1 Å². The number of hydrogen-bond acceptors (Lipinski definition) is 6. The lowest BCUT2D eigenvalue weighted by Gasteiger charge is -2.20. The van der Waals surface area contributed by atoms with Crippen LogP contribution < -0.4 is 10.6 Å². The lowest BCUT2D eigenvalue weighted by molar-refractivity contribution is -0.130. The maximum atomic E-state index is 12.5. The molecule has 134 valence electrons. The second kappa shape index (κ2) is 7.45. The molecule has 2 N–H and O–H groups in total. The number of amides is 4. The Morgan fingerprint density at radius 2 is 2.08 bits per heavy atom. The van der Waals surface area contributed by atoms with Gasteiger partial charge in [-0.15, -0.1) is 0 Å². The van der Waals surface area contributed by atoms with Crippen molar-refractivity contribution in [2.24, 2.45) is 5.92 Å². The first-order chi connectivity index (χ1) is 12.1. The third-order valence-electron chi connectivity index (χ3n) is 4.53. The Balaban J connectivity index is 1.61. The number of aromatic nitrogens is 2. The molecule has 3 rings (SSSR count). The Morgan fingerprint density at radius 3 is 2.72 bits per heavy atom. The summed E-state index contributed by atoms with van der Waals surface area (Å²) in [5.41, 5.74) is 0. The van der Waals surface area contributed by atoms with Crippen LogP contribution in [0.1, 0.15) is 19.8 Å². The molecule has 2 saturated heterocycles. The summed E-state index contributed by atoms with van der Waals surface area (Å²) in [5.74, 6) is 0.326. The zero-order valence-corrected chi connectivity index (χ0v) is 14.1. The summed E-state index contributed by atoms with van der Waals surface area (Å²) >= 11 is 0. The second-order valence-electron chi connectivity index (χ2n) is 6.38. The third kappa shape index (κ3) is 4.04. The molecule has 0 aromatic carbocycles. The van der Waals surface area contributed by atoms with Gasteiger partial charge in [-0.1, -0.05) is 13.3 Å². The van der Waals surface area contributed by atoms with Crippen LogP contribution in [0.25, 0.3) is 0 Å². The predicted octanol–water partition coefficient (Wildman–Crippen LogP) is 0.0674. The van der Waals surface area contributed by atoms with E-state index in [1.54, 1.807) is 23.4 Å². The van der Waals surface area contributed by atoms with Gasteiger partial charge in [0.15, 0.2) is 0 Å². The lowest BCUT2D eigenvalue weighted by Crippen LogP contribution is -2.41. The third-order valence-corrected chi connectivity index (χ3v) is 4.53. The number of imide groups is 1. The first kappa shape index (κ1) is 17.1. The van der Waals surface area contributed by atoms with Crippen LogP contribution in [0.15, 0.2) is 18.5 Å².